The zero-order valence-electron chi connectivity index (χ0n) is 9.02. The van der Waals surface area contributed by atoms with Gasteiger partial charge < -0.3 is 10.5 Å². The molecule has 0 aliphatic heterocycles. The molecule has 0 atom stereocenters. The minimum atomic E-state index is -0.543. The number of halogens is 2. The van der Waals surface area contributed by atoms with Crippen LogP contribution in [0.25, 0.3) is 0 Å². The minimum absolute atomic E-state index is 0.0120. The van der Waals surface area contributed by atoms with Gasteiger partial charge in [0.15, 0.2) is 11.6 Å². The molecule has 7 heteroatoms. The summed E-state index contributed by atoms with van der Waals surface area (Å²) in [6.07, 6.45) is 1.38. The highest BCUT2D eigenvalue weighted by molar-refractivity contribution is 9.10. The van der Waals surface area contributed by atoms with E-state index in [4.69, 9.17) is 15.9 Å². The molecule has 5 nitrogen and oxygen atoms in total. The van der Waals surface area contributed by atoms with E-state index >= 15 is 0 Å². The molecule has 0 aliphatic carbocycles. The fourth-order valence-corrected chi connectivity index (χ4v) is 1.60. The molecule has 2 rings (SSSR count). The molecule has 3 N–H and O–H groups in total. The van der Waals surface area contributed by atoms with Gasteiger partial charge in [0.25, 0.3) is 0 Å². The van der Waals surface area contributed by atoms with Gasteiger partial charge in [0.05, 0.1) is 11.8 Å². The van der Waals surface area contributed by atoms with E-state index in [9.17, 15) is 4.39 Å². The second-order valence-corrected chi connectivity index (χ2v) is 4.26. The van der Waals surface area contributed by atoms with E-state index in [1.807, 2.05) is 0 Å². The van der Waals surface area contributed by atoms with Gasteiger partial charge in [0, 0.05) is 4.47 Å². The fraction of sp³-hybridized carbons (Fsp3) is 0. The standard InChI is InChI=1S/C11H8BrFN4O/c12-6-1-2-8(13)9(5-6)18-11-7(10(14)15)3-4-16-17-11/h1-5H,(H3,14,15). The number of ether oxygens (including phenoxy) is 1. The third-order valence-electron chi connectivity index (χ3n) is 2.08. The Bertz CT molecular complexity index is 605. The predicted octanol–water partition coefficient (Wildman–Crippen LogP) is 2.45. The number of nitrogens with zero attached hydrogens (tertiary/aromatic N) is 2. The number of nitrogens with one attached hydrogen (secondary N) is 1. The van der Waals surface area contributed by atoms with E-state index < -0.39 is 5.82 Å². The van der Waals surface area contributed by atoms with E-state index in [0.717, 1.165) is 0 Å². The van der Waals surface area contributed by atoms with Gasteiger partial charge in [0.1, 0.15) is 5.84 Å². The number of nitrogens with two attached hydrogens (primary N) is 1. The summed E-state index contributed by atoms with van der Waals surface area (Å²) in [5.41, 5.74) is 5.62. The molecule has 0 amide bonds. The van der Waals surface area contributed by atoms with Crippen LogP contribution in [0.5, 0.6) is 11.6 Å². The number of hydrogen-bond acceptors (Lipinski definition) is 4. The highest BCUT2D eigenvalue weighted by atomic mass is 79.9. The maximum Gasteiger partial charge on any atom is 0.250 e. The first-order valence-electron chi connectivity index (χ1n) is 4.87. The van der Waals surface area contributed by atoms with Crippen LogP contribution < -0.4 is 10.5 Å². The monoisotopic (exact) mass is 310 g/mol. The smallest absolute Gasteiger partial charge is 0.250 e. The van der Waals surface area contributed by atoms with Crippen molar-refractivity contribution in [1.29, 1.82) is 5.41 Å². The van der Waals surface area contributed by atoms with Crippen LogP contribution in [0.2, 0.25) is 0 Å². The SMILES string of the molecule is N=C(N)c1ccnnc1Oc1cc(Br)ccc1F. The van der Waals surface area contributed by atoms with Crippen LogP contribution in [0, 0.1) is 11.2 Å². The van der Waals surface area contributed by atoms with E-state index in [-0.39, 0.29) is 23.0 Å². The van der Waals surface area contributed by atoms with Crippen LogP contribution in [0.15, 0.2) is 34.9 Å². The molecule has 0 spiro atoms. The van der Waals surface area contributed by atoms with Crippen LogP contribution in [0.3, 0.4) is 0 Å². The number of amidine groups is 1. The van der Waals surface area contributed by atoms with Crippen molar-refractivity contribution in [3.8, 4) is 11.6 Å². The van der Waals surface area contributed by atoms with Gasteiger partial charge in [-0.15, -0.1) is 5.10 Å². The van der Waals surface area contributed by atoms with Gasteiger partial charge in [-0.25, -0.2) is 4.39 Å². The van der Waals surface area contributed by atoms with Crippen molar-refractivity contribution in [3.05, 3.63) is 46.3 Å². The minimum Gasteiger partial charge on any atom is -0.434 e. The van der Waals surface area contributed by atoms with Crippen LogP contribution in [-0.4, -0.2) is 16.0 Å². The Hall–Kier alpha value is -2.02. The lowest BCUT2D eigenvalue weighted by molar-refractivity contribution is 0.420. The average molecular weight is 311 g/mol. The summed E-state index contributed by atoms with van der Waals surface area (Å²) in [6, 6.07) is 5.72. The summed E-state index contributed by atoms with van der Waals surface area (Å²) in [4.78, 5) is 0. The molecule has 0 fully saturated rings. The molecule has 0 aliphatic rings. The molecule has 2 aromatic rings. The summed E-state index contributed by atoms with van der Waals surface area (Å²) in [5, 5.41) is 14.7. The number of hydrogen-bond donors (Lipinski definition) is 2. The number of benzene rings is 1. The van der Waals surface area contributed by atoms with Crippen molar-refractivity contribution in [3.63, 3.8) is 0 Å². The Balaban J connectivity index is 2.40. The predicted molar refractivity (Wildman–Crippen MR) is 67.2 cm³/mol. The summed E-state index contributed by atoms with van der Waals surface area (Å²) in [6.45, 7) is 0. The van der Waals surface area contributed by atoms with Gasteiger partial charge in [-0.1, -0.05) is 15.9 Å². The van der Waals surface area contributed by atoms with Crippen molar-refractivity contribution in [1.82, 2.24) is 10.2 Å². The topological polar surface area (TPSA) is 84.9 Å². The number of rotatable bonds is 3. The first kappa shape index (κ1) is 12.4. The molecule has 0 bridgehead atoms. The van der Waals surface area contributed by atoms with Crippen molar-refractivity contribution >= 4 is 21.8 Å². The van der Waals surface area contributed by atoms with Crippen molar-refractivity contribution in [2.75, 3.05) is 0 Å². The molecule has 0 unspecified atom stereocenters. The second kappa shape index (κ2) is 5.09. The largest absolute Gasteiger partial charge is 0.434 e. The number of aromatic nitrogens is 2. The highest BCUT2D eigenvalue weighted by Crippen LogP contribution is 2.27. The molecule has 18 heavy (non-hydrogen) atoms. The molecule has 1 aromatic heterocycles. The summed E-state index contributed by atoms with van der Waals surface area (Å²) in [5.74, 6) is -0.803. The van der Waals surface area contributed by atoms with Crippen LogP contribution in [0.4, 0.5) is 4.39 Å². The highest BCUT2D eigenvalue weighted by Gasteiger charge is 2.12. The Morgan fingerprint density at radius 3 is 2.89 bits per heavy atom. The van der Waals surface area contributed by atoms with Crippen LogP contribution >= 0.6 is 15.9 Å². The zero-order valence-corrected chi connectivity index (χ0v) is 10.6. The lowest BCUT2D eigenvalue weighted by Gasteiger charge is -2.08. The van der Waals surface area contributed by atoms with E-state index in [1.54, 1.807) is 6.07 Å². The zero-order chi connectivity index (χ0) is 13.1. The second-order valence-electron chi connectivity index (χ2n) is 3.34. The van der Waals surface area contributed by atoms with E-state index in [2.05, 4.69) is 26.1 Å². The van der Waals surface area contributed by atoms with E-state index in [1.165, 1.54) is 24.4 Å². The fourth-order valence-electron chi connectivity index (χ4n) is 1.26. The quantitative estimate of drug-likeness (QED) is 0.673. The van der Waals surface area contributed by atoms with Gasteiger partial charge in [-0.3, -0.25) is 5.41 Å². The molecule has 0 radical (unpaired) electrons. The molecule has 1 heterocycles. The van der Waals surface area contributed by atoms with Gasteiger partial charge in [-0.05, 0) is 24.3 Å². The van der Waals surface area contributed by atoms with Crippen molar-refractivity contribution < 1.29 is 9.13 Å². The third-order valence-corrected chi connectivity index (χ3v) is 2.57. The Kier molecular flexibility index (Phi) is 3.52. The van der Waals surface area contributed by atoms with Crippen molar-refractivity contribution in [2.24, 2.45) is 5.73 Å². The Morgan fingerprint density at radius 2 is 2.17 bits per heavy atom. The van der Waals surface area contributed by atoms with Gasteiger partial charge in [-0.2, -0.15) is 5.10 Å². The van der Waals surface area contributed by atoms with Crippen LogP contribution in [-0.2, 0) is 0 Å². The lowest BCUT2D eigenvalue weighted by atomic mass is 10.3. The molecule has 92 valence electrons. The summed E-state index contributed by atoms with van der Waals surface area (Å²) in [7, 11) is 0. The third kappa shape index (κ3) is 2.62. The van der Waals surface area contributed by atoms with Crippen molar-refractivity contribution in [2.45, 2.75) is 0 Å². The number of nitrogen functional groups attached to an aromatic ring is 1. The van der Waals surface area contributed by atoms with Gasteiger partial charge in [0.2, 0.25) is 5.88 Å². The molecular formula is C11H8BrFN4O. The Morgan fingerprint density at radius 1 is 1.39 bits per heavy atom. The molecular weight excluding hydrogens is 303 g/mol. The molecule has 1 aromatic carbocycles. The maximum atomic E-state index is 13.5. The Labute approximate surface area is 110 Å². The normalized spacial score (nSPS) is 10.1. The molecule has 0 saturated heterocycles. The summed E-state index contributed by atoms with van der Waals surface area (Å²) >= 11 is 3.21. The first-order chi connectivity index (χ1) is 8.58. The first-order valence-corrected chi connectivity index (χ1v) is 5.66. The maximum absolute atomic E-state index is 13.5. The van der Waals surface area contributed by atoms with Crippen LogP contribution in [0.1, 0.15) is 5.56 Å². The average Bonchev–Trinajstić information content (AvgIpc) is 2.34. The van der Waals surface area contributed by atoms with Gasteiger partial charge >= 0.3 is 0 Å². The van der Waals surface area contributed by atoms with E-state index in [0.29, 0.717) is 4.47 Å². The lowest BCUT2D eigenvalue weighted by Crippen LogP contribution is -2.13. The molecule has 0 saturated carbocycles. The summed E-state index contributed by atoms with van der Waals surface area (Å²) < 4.78 is 19.5.